The van der Waals surface area contributed by atoms with Gasteiger partial charge in [0.15, 0.2) is 5.13 Å². The Hall–Kier alpha value is -1.63. The molecule has 2 rings (SSSR count). The van der Waals surface area contributed by atoms with Crippen LogP contribution in [0.3, 0.4) is 0 Å². The minimum absolute atomic E-state index is 0.0297. The molecule has 22 heavy (non-hydrogen) atoms. The van der Waals surface area contributed by atoms with Crippen molar-refractivity contribution in [2.45, 2.75) is 65.0 Å². The van der Waals surface area contributed by atoms with Gasteiger partial charge < -0.3 is 9.84 Å². The maximum atomic E-state index is 12.6. The van der Waals surface area contributed by atoms with Gasteiger partial charge in [0.25, 0.3) is 0 Å². The topological polar surface area (TPSA) is 79.7 Å². The average Bonchev–Trinajstić information content (AvgIpc) is 2.97. The van der Waals surface area contributed by atoms with Crippen molar-refractivity contribution in [3.63, 3.8) is 0 Å². The van der Waals surface area contributed by atoms with E-state index in [4.69, 9.17) is 4.74 Å². The summed E-state index contributed by atoms with van der Waals surface area (Å²) in [6.45, 7) is 7.08. The SMILES string of the molecule is Cc1nc(N(C(=O)OC(C)(C)C)C2CCCC2)sc1C(=O)O. The Labute approximate surface area is 134 Å². The lowest BCUT2D eigenvalue weighted by atomic mass is 10.2. The first-order chi connectivity index (χ1) is 10.2. The first-order valence-electron chi connectivity index (χ1n) is 7.42. The summed E-state index contributed by atoms with van der Waals surface area (Å²) in [6.07, 6.45) is 3.44. The normalized spacial score (nSPS) is 15.8. The number of carbonyl (C=O) groups is 2. The number of aromatic nitrogens is 1. The highest BCUT2D eigenvalue weighted by molar-refractivity contribution is 7.17. The molecule has 1 N–H and O–H groups in total. The predicted molar refractivity (Wildman–Crippen MR) is 84.8 cm³/mol. The third kappa shape index (κ3) is 3.76. The third-order valence-corrected chi connectivity index (χ3v) is 4.61. The van der Waals surface area contributed by atoms with Gasteiger partial charge in [0, 0.05) is 6.04 Å². The fourth-order valence-electron chi connectivity index (χ4n) is 2.54. The van der Waals surface area contributed by atoms with Crippen LogP contribution < -0.4 is 4.90 Å². The predicted octanol–water partition coefficient (Wildman–Crippen LogP) is 3.83. The zero-order valence-electron chi connectivity index (χ0n) is 13.4. The maximum absolute atomic E-state index is 12.6. The molecule has 1 aliphatic rings. The molecule has 0 aromatic carbocycles. The molecule has 1 fully saturated rings. The minimum Gasteiger partial charge on any atom is -0.477 e. The summed E-state index contributed by atoms with van der Waals surface area (Å²) < 4.78 is 5.48. The van der Waals surface area contributed by atoms with Crippen molar-refractivity contribution in [1.29, 1.82) is 0 Å². The molecular weight excluding hydrogens is 304 g/mol. The van der Waals surface area contributed by atoms with E-state index in [0.29, 0.717) is 10.8 Å². The minimum atomic E-state index is -1.02. The van der Waals surface area contributed by atoms with Crippen molar-refractivity contribution < 1.29 is 19.4 Å². The lowest BCUT2D eigenvalue weighted by Gasteiger charge is -2.29. The zero-order chi connectivity index (χ0) is 16.5. The molecule has 122 valence electrons. The molecule has 1 aliphatic carbocycles. The Balaban J connectivity index is 2.34. The van der Waals surface area contributed by atoms with Gasteiger partial charge in [-0.2, -0.15) is 0 Å². The highest BCUT2D eigenvalue weighted by atomic mass is 32.1. The van der Waals surface area contributed by atoms with Crippen LogP contribution >= 0.6 is 11.3 Å². The lowest BCUT2D eigenvalue weighted by molar-refractivity contribution is 0.0565. The largest absolute Gasteiger partial charge is 0.477 e. The number of amides is 1. The summed E-state index contributed by atoms with van der Waals surface area (Å²) in [4.78, 5) is 29.8. The standard InChI is InChI=1S/C15H22N2O4S/c1-9-11(12(18)19)22-13(16-9)17(10-7-5-6-8-10)14(20)21-15(2,3)4/h10H,5-8H2,1-4H3,(H,18,19). The Kier molecular flexibility index (Phi) is 4.75. The van der Waals surface area contributed by atoms with Crippen molar-refractivity contribution in [3.8, 4) is 0 Å². The number of anilines is 1. The van der Waals surface area contributed by atoms with E-state index in [0.717, 1.165) is 37.0 Å². The summed E-state index contributed by atoms with van der Waals surface area (Å²) in [5, 5.41) is 9.60. The second-order valence-electron chi connectivity index (χ2n) is 6.50. The van der Waals surface area contributed by atoms with Crippen molar-refractivity contribution in [1.82, 2.24) is 4.98 Å². The molecule has 0 saturated heterocycles. The number of hydrogen-bond acceptors (Lipinski definition) is 5. The first-order valence-corrected chi connectivity index (χ1v) is 8.23. The van der Waals surface area contributed by atoms with E-state index in [1.54, 1.807) is 11.8 Å². The van der Waals surface area contributed by atoms with Crippen molar-refractivity contribution in [2.75, 3.05) is 4.90 Å². The Morgan fingerprint density at radius 3 is 2.36 bits per heavy atom. The van der Waals surface area contributed by atoms with E-state index in [-0.39, 0.29) is 10.9 Å². The number of carbonyl (C=O) groups excluding carboxylic acids is 1. The smallest absolute Gasteiger partial charge is 0.416 e. The number of rotatable bonds is 3. The average molecular weight is 326 g/mol. The van der Waals surface area contributed by atoms with Crippen molar-refractivity contribution in [2.24, 2.45) is 0 Å². The van der Waals surface area contributed by atoms with Crippen LogP contribution in [0.1, 0.15) is 61.8 Å². The van der Waals surface area contributed by atoms with Crippen LogP contribution in [-0.4, -0.2) is 33.8 Å². The number of aromatic carboxylic acids is 1. The van der Waals surface area contributed by atoms with Crippen LogP contribution in [0.4, 0.5) is 9.93 Å². The fraction of sp³-hybridized carbons (Fsp3) is 0.667. The molecule has 1 amide bonds. The van der Waals surface area contributed by atoms with Gasteiger partial charge in [-0.15, -0.1) is 0 Å². The molecule has 0 unspecified atom stereocenters. The van der Waals surface area contributed by atoms with Gasteiger partial charge in [-0.05, 0) is 40.5 Å². The second kappa shape index (κ2) is 6.24. The number of ether oxygens (including phenoxy) is 1. The molecule has 0 atom stereocenters. The fourth-order valence-corrected chi connectivity index (χ4v) is 3.51. The molecule has 0 spiro atoms. The highest BCUT2D eigenvalue weighted by Crippen LogP contribution is 2.34. The monoisotopic (exact) mass is 326 g/mol. The number of hydrogen-bond donors (Lipinski definition) is 1. The zero-order valence-corrected chi connectivity index (χ0v) is 14.2. The van der Waals surface area contributed by atoms with E-state index in [1.165, 1.54) is 0 Å². The van der Waals surface area contributed by atoms with Gasteiger partial charge >= 0.3 is 12.1 Å². The van der Waals surface area contributed by atoms with E-state index in [9.17, 15) is 14.7 Å². The molecule has 1 saturated carbocycles. The van der Waals surface area contributed by atoms with Crippen LogP contribution in [0.25, 0.3) is 0 Å². The quantitative estimate of drug-likeness (QED) is 0.913. The van der Waals surface area contributed by atoms with Gasteiger partial charge in [-0.25, -0.2) is 19.5 Å². The molecule has 0 aliphatic heterocycles. The Morgan fingerprint density at radius 1 is 1.32 bits per heavy atom. The van der Waals surface area contributed by atoms with E-state index in [2.05, 4.69) is 4.98 Å². The van der Waals surface area contributed by atoms with E-state index in [1.807, 2.05) is 20.8 Å². The van der Waals surface area contributed by atoms with E-state index < -0.39 is 17.7 Å². The lowest BCUT2D eigenvalue weighted by Crippen LogP contribution is -2.42. The Morgan fingerprint density at radius 2 is 1.91 bits per heavy atom. The molecule has 6 nitrogen and oxygen atoms in total. The van der Waals surface area contributed by atoms with Gasteiger partial charge in [-0.1, -0.05) is 24.2 Å². The summed E-state index contributed by atoms with van der Waals surface area (Å²) in [5.41, 5.74) is -0.172. The van der Waals surface area contributed by atoms with Crippen molar-refractivity contribution >= 4 is 28.5 Å². The molecule has 1 aromatic rings. The molecular formula is C15H22N2O4S. The maximum Gasteiger partial charge on any atom is 0.416 e. The van der Waals surface area contributed by atoms with Gasteiger partial charge in [0.05, 0.1) is 5.69 Å². The van der Waals surface area contributed by atoms with Gasteiger partial charge in [0.1, 0.15) is 10.5 Å². The molecule has 0 bridgehead atoms. The number of carboxylic acids is 1. The van der Waals surface area contributed by atoms with Gasteiger partial charge in [0.2, 0.25) is 0 Å². The number of thiazole rings is 1. The summed E-state index contributed by atoms with van der Waals surface area (Å²) in [5.74, 6) is -1.02. The number of nitrogens with zero attached hydrogens (tertiary/aromatic N) is 2. The van der Waals surface area contributed by atoms with Crippen LogP contribution in [0, 0.1) is 6.92 Å². The van der Waals surface area contributed by atoms with Crippen LogP contribution in [0.15, 0.2) is 0 Å². The van der Waals surface area contributed by atoms with Gasteiger partial charge in [-0.3, -0.25) is 0 Å². The molecule has 7 heteroatoms. The third-order valence-electron chi connectivity index (χ3n) is 3.47. The van der Waals surface area contributed by atoms with Crippen LogP contribution in [0.5, 0.6) is 0 Å². The highest BCUT2D eigenvalue weighted by Gasteiger charge is 2.34. The van der Waals surface area contributed by atoms with E-state index >= 15 is 0 Å². The second-order valence-corrected chi connectivity index (χ2v) is 7.48. The van der Waals surface area contributed by atoms with Crippen LogP contribution in [-0.2, 0) is 4.74 Å². The number of aryl methyl sites for hydroxylation is 1. The summed E-state index contributed by atoms with van der Waals surface area (Å²) in [7, 11) is 0. The summed E-state index contributed by atoms with van der Waals surface area (Å²) >= 11 is 1.03. The van der Waals surface area contributed by atoms with Crippen LogP contribution in [0.2, 0.25) is 0 Å². The summed E-state index contributed by atoms with van der Waals surface area (Å²) in [6, 6.07) is 0.0297. The number of carboxylic acid groups (broad SMARTS) is 1. The molecule has 1 heterocycles. The molecule has 1 aromatic heterocycles. The van der Waals surface area contributed by atoms with Crippen molar-refractivity contribution in [3.05, 3.63) is 10.6 Å². The first kappa shape index (κ1) is 16.7. The molecule has 0 radical (unpaired) electrons. The Bertz CT molecular complexity index is 571.